The summed E-state index contributed by atoms with van der Waals surface area (Å²) in [6.45, 7) is 5.77. The van der Waals surface area contributed by atoms with Crippen molar-refractivity contribution in [3.8, 4) is 6.01 Å². The third-order valence-electron chi connectivity index (χ3n) is 3.63. The molecule has 0 amide bonds. The fourth-order valence-corrected chi connectivity index (χ4v) is 2.79. The fourth-order valence-electron chi connectivity index (χ4n) is 2.79. The van der Waals surface area contributed by atoms with E-state index >= 15 is 0 Å². The van der Waals surface area contributed by atoms with Crippen LogP contribution in [0.5, 0.6) is 6.01 Å². The predicted molar refractivity (Wildman–Crippen MR) is 64.3 cm³/mol. The van der Waals surface area contributed by atoms with Gasteiger partial charge in [0.25, 0.3) is 0 Å². The van der Waals surface area contributed by atoms with Crippen molar-refractivity contribution >= 4 is 5.95 Å². The summed E-state index contributed by atoms with van der Waals surface area (Å²) in [4.78, 5) is 6.62. The van der Waals surface area contributed by atoms with Gasteiger partial charge in [0.15, 0.2) is 0 Å². The van der Waals surface area contributed by atoms with E-state index in [1.807, 2.05) is 6.92 Å². The Bertz CT molecular complexity index is 366. The summed E-state index contributed by atoms with van der Waals surface area (Å²) in [5.74, 6) is 1.59. The summed E-state index contributed by atoms with van der Waals surface area (Å²) in [5, 5.41) is 10.6. The van der Waals surface area contributed by atoms with Crippen molar-refractivity contribution in [2.24, 2.45) is 5.92 Å². The highest BCUT2D eigenvalue weighted by Crippen LogP contribution is 2.27. The monoisotopic (exact) mass is 237 g/mol. The highest BCUT2D eigenvalue weighted by atomic mass is 16.5. The molecule has 2 fully saturated rings. The number of fused-ring (bicyclic) bond motifs is 1. The van der Waals surface area contributed by atoms with E-state index in [-0.39, 0.29) is 0 Å². The minimum Gasteiger partial charge on any atom is -0.463 e. The van der Waals surface area contributed by atoms with Gasteiger partial charge in [-0.15, -0.1) is 5.10 Å². The second kappa shape index (κ2) is 4.52. The van der Waals surface area contributed by atoms with E-state index in [1.165, 1.54) is 12.8 Å². The molecule has 0 aromatic carbocycles. The zero-order valence-corrected chi connectivity index (χ0v) is 10.1. The number of aromatic nitrogens is 3. The molecule has 2 aliphatic rings. The summed E-state index contributed by atoms with van der Waals surface area (Å²) in [6, 6.07) is 1.06. The number of H-pyrrole nitrogens is 1. The Morgan fingerprint density at radius 2 is 2.41 bits per heavy atom. The molecule has 0 saturated carbocycles. The first-order valence-corrected chi connectivity index (χ1v) is 6.40. The Morgan fingerprint density at radius 3 is 3.24 bits per heavy atom. The number of aromatic amines is 1. The molecule has 2 N–H and O–H groups in total. The Morgan fingerprint density at radius 1 is 1.47 bits per heavy atom. The molecular formula is C11H19N5O. The van der Waals surface area contributed by atoms with Crippen molar-refractivity contribution in [3.05, 3.63) is 0 Å². The van der Waals surface area contributed by atoms with Gasteiger partial charge in [-0.05, 0) is 32.2 Å². The molecule has 17 heavy (non-hydrogen) atoms. The van der Waals surface area contributed by atoms with E-state index in [0.717, 1.165) is 31.5 Å². The molecule has 2 unspecified atom stereocenters. The molecule has 6 heteroatoms. The van der Waals surface area contributed by atoms with Gasteiger partial charge in [0.1, 0.15) is 0 Å². The summed E-state index contributed by atoms with van der Waals surface area (Å²) in [7, 11) is 0. The van der Waals surface area contributed by atoms with E-state index in [9.17, 15) is 0 Å². The molecule has 2 saturated heterocycles. The second-order valence-corrected chi connectivity index (χ2v) is 4.74. The first kappa shape index (κ1) is 10.8. The first-order chi connectivity index (χ1) is 8.36. The van der Waals surface area contributed by atoms with Crippen LogP contribution in [0.1, 0.15) is 19.8 Å². The summed E-state index contributed by atoms with van der Waals surface area (Å²) < 4.78 is 5.27. The summed E-state index contributed by atoms with van der Waals surface area (Å²) in [5.41, 5.74) is 0. The molecule has 0 aliphatic carbocycles. The molecule has 1 aromatic heterocycles. The number of ether oxygens (including phenoxy) is 1. The zero-order valence-electron chi connectivity index (χ0n) is 10.1. The fraction of sp³-hybridized carbons (Fsp3) is 0.818. The van der Waals surface area contributed by atoms with Crippen LogP contribution >= 0.6 is 0 Å². The standard InChI is InChI=1S/C11H19N5O/c1-2-17-11-13-10(14-15-11)16-6-8-4-3-5-12-9(8)7-16/h8-9,12H,2-7H2,1H3,(H,13,14,15). The van der Waals surface area contributed by atoms with Crippen molar-refractivity contribution < 1.29 is 4.74 Å². The van der Waals surface area contributed by atoms with Crippen molar-refractivity contribution in [1.29, 1.82) is 0 Å². The molecule has 0 spiro atoms. The number of hydrogen-bond donors (Lipinski definition) is 2. The van der Waals surface area contributed by atoms with Crippen molar-refractivity contribution in [3.63, 3.8) is 0 Å². The molecular weight excluding hydrogens is 218 g/mol. The van der Waals surface area contributed by atoms with E-state index in [0.29, 0.717) is 18.7 Å². The first-order valence-electron chi connectivity index (χ1n) is 6.40. The number of hydrogen-bond acceptors (Lipinski definition) is 5. The maximum absolute atomic E-state index is 5.27. The highest BCUT2D eigenvalue weighted by molar-refractivity contribution is 5.33. The Balaban J connectivity index is 1.68. The van der Waals surface area contributed by atoms with Gasteiger partial charge in [-0.3, -0.25) is 0 Å². The lowest BCUT2D eigenvalue weighted by atomic mass is 9.94. The lowest BCUT2D eigenvalue weighted by molar-refractivity contribution is 0.314. The van der Waals surface area contributed by atoms with Gasteiger partial charge in [0, 0.05) is 19.1 Å². The van der Waals surface area contributed by atoms with Crippen LogP contribution in [0.15, 0.2) is 0 Å². The van der Waals surface area contributed by atoms with Gasteiger partial charge in [0.05, 0.1) is 6.61 Å². The van der Waals surface area contributed by atoms with Crippen LogP contribution in [0, 0.1) is 5.92 Å². The minimum atomic E-state index is 0.449. The van der Waals surface area contributed by atoms with Crippen LogP contribution in [0.4, 0.5) is 5.95 Å². The quantitative estimate of drug-likeness (QED) is 0.796. The topological polar surface area (TPSA) is 66.1 Å². The van der Waals surface area contributed by atoms with Crippen LogP contribution in [-0.4, -0.2) is 47.5 Å². The minimum absolute atomic E-state index is 0.449. The molecule has 6 nitrogen and oxygen atoms in total. The number of rotatable bonds is 3. The molecule has 1 aromatic rings. The van der Waals surface area contributed by atoms with Gasteiger partial charge in [-0.2, -0.15) is 4.98 Å². The lowest BCUT2D eigenvalue weighted by Gasteiger charge is -2.24. The zero-order chi connectivity index (χ0) is 11.7. The van der Waals surface area contributed by atoms with Gasteiger partial charge < -0.3 is 15.0 Å². The van der Waals surface area contributed by atoms with Gasteiger partial charge in [-0.1, -0.05) is 0 Å². The predicted octanol–water partition coefficient (Wildman–Crippen LogP) is 0.392. The van der Waals surface area contributed by atoms with Gasteiger partial charge in [-0.25, -0.2) is 5.10 Å². The maximum Gasteiger partial charge on any atom is 0.337 e. The van der Waals surface area contributed by atoms with E-state index < -0.39 is 0 Å². The molecule has 2 atom stereocenters. The SMILES string of the molecule is CCOc1n[nH]c(N2CC3CCCNC3C2)n1. The number of anilines is 1. The molecule has 94 valence electrons. The molecule has 0 bridgehead atoms. The smallest absolute Gasteiger partial charge is 0.337 e. The average molecular weight is 237 g/mol. The number of nitrogens with one attached hydrogen (secondary N) is 2. The molecule has 3 rings (SSSR count). The largest absolute Gasteiger partial charge is 0.463 e. The van der Waals surface area contributed by atoms with Crippen LogP contribution in [0.25, 0.3) is 0 Å². The van der Waals surface area contributed by atoms with Gasteiger partial charge >= 0.3 is 6.01 Å². The maximum atomic E-state index is 5.27. The van der Waals surface area contributed by atoms with E-state index in [2.05, 4.69) is 25.4 Å². The van der Waals surface area contributed by atoms with Crippen molar-refractivity contribution in [2.45, 2.75) is 25.8 Å². The van der Waals surface area contributed by atoms with Crippen LogP contribution in [0.2, 0.25) is 0 Å². The van der Waals surface area contributed by atoms with Crippen molar-refractivity contribution in [2.75, 3.05) is 31.1 Å². The van der Waals surface area contributed by atoms with E-state index in [1.54, 1.807) is 0 Å². The van der Waals surface area contributed by atoms with E-state index in [4.69, 9.17) is 4.74 Å². The Hall–Kier alpha value is -1.30. The number of piperidine rings is 1. The molecule has 2 aliphatic heterocycles. The normalized spacial score (nSPS) is 28.2. The summed E-state index contributed by atoms with van der Waals surface area (Å²) >= 11 is 0. The highest BCUT2D eigenvalue weighted by Gasteiger charge is 2.35. The third-order valence-corrected chi connectivity index (χ3v) is 3.63. The average Bonchev–Trinajstić information content (AvgIpc) is 2.94. The van der Waals surface area contributed by atoms with Crippen LogP contribution < -0.4 is 15.0 Å². The van der Waals surface area contributed by atoms with Crippen molar-refractivity contribution in [1.82, 2.24) is 20.5 Å². The van der Waals surface area contributed by atoms with Crippen LogP contribution in [-0.2, 0) is 0 Å². The second-order valence-electron chi connectivity index (χ2n) is 4.74. The summed E-state index contributed by atoms with van der Waals surface area (Å²) in [6.07, 6.45) is 2.61. The molecule has 3 heterocycles. The Labute approximate surface area is 101 Å². The number of nitrogens with zero attached hydrogens (tertiary/aromatic N) is 3. The Kier molecular flexibility index (Phi) is 2.88. The third kappa shape index (κ3) is 2.09. The van der Waals surface area contributed by atoms with Gasteiger partial charge in [0.2, 0.25) is 5.95 Å². The van der Waals surface area contributed by atoms with Crippen LogP contribution in [0.3, 0.4) is 0 Å². The lowest BCUT2D eigenvalue weighted by Crippen LogP contribution is -2.40. The molecule has 0 radical (unpaired) electrons.